The summed E-state index contributed by atoms with van der Waals surface area (Å²) in [6, 6.07) is 5.68. The molecule has 0 unspecified atom stereocenters. The third-order valence-electron chi connectivity index (χ3n) is 3.58. The van der Waals surface area contributed by atoms with E-state index in [-0.39, 0.29) is 29.6 Å². The first-order valence-corrected chi connectivity index (χ1v) is 8.69. The molecule has 0 bridgehead atoms. The third kappa shape index (κ3) is 4.69. The second-order valence-electron chi connectivity index (χ2n) is 6.69. The maximum Gasteiger partial charge on any atom is 0.293 e. The van der Waals surface area contributed by atoms with Crippen molar-refractivity contribution < 1.29 is 19.3 Å². The van der Waals surface area contributed by atoms with Gasteiger partial charge in [0.15, 0.2) is 0 Å². The molecule has 1 aromatic carbocycles. The molecule has 26 heavy (non-hydrogen) atoms. The number of nitro benzene ring substituents is 1. The van der Waals surface area contributed by atoms with Gasteiger partial charge in [-0.15, -0.1) is 0 Å². The number of imide groups is 1. The maximum atomic E-state index is 12.4. The Bertz CT molecular complexity index is 781. The molecule has 1 N–H and O–H groups in total. The average Bonchev–Trinajstić information content (AvgIpc) is 2.81. The summed E-state index contributed by atoms with van der Waals surface area (Å²) in [5.41, 5.74) is -0.0126. The van der Waals surface area contributed by atoms with Gasteiger partial charge in [0.2, 0.25) is 5.91 Å². The molecule has 1 saturated heterocycles. The van der Waals surface area contributed by atoms with E-state index in [4.69, 9.17) is 0 Å². The molecule has 9 heteroatoms. The number of hydrogen-bond acceptors (Lipinski definition) is 6. The summed E-state index contributed by atoms with van der Waals surface area (Å²) >= 11 is 0.803. The fraction of sp³-hybridized carbons (Fsp3) is 0.353. The lowest BCUT2D eigenvalue weighted by Crippen LogP contribution is -2.41. The van der Waals surface area contributed by atoms with Gasteiger partial charge in [-0.05, 0) is 35.5 Å². The van der Waals surface area contributed by atoms with Crippen LogP contribution in [0.5, 0.6) is 0 Å². The first-order chi connectivity index (χ1) is 12.1. The van der Waals surface area contributed by atoms with Crippen molar-refractivity contribution in [2.45, 2.75) is 20.8 Å². The molecular formula is C17H19N3O5S. The van der Waals surface area contributed by atoms with Gasteiger partial charge in [0.1, 0.15) is 0 Å². The number of nitro groups is 1. The summed E-state index contributed by atoms with van der Waals surface area (Å²) in [5.74, 6) is -0.603. The van der Waals surface area contributed by atoms with Gasteiger partial charge in [-0.25, -0.2) is 0 Å². The van der Waals surface area contributed by atoms with E-state index < -0.39 is 21.5 Å². The second kappa shape index (κ2) is 7.69. The zero-order valence-electron chi connectivity index (χ0n) is 14.6. The fourth-order valence-electron chi connectivity index (χ4n) is 2.08. The molecule has 0 radical (unpaired) electrons. The molecule has 3 amide bonds. The molecule has 2 rings (SSSR count). The number of hydrogen-bond donors (Lipinski definition) is 1. The van der Waals surface area contributed by atoms with E-state index in [0.717, 1.165) is 16.7 Å². The molecule has 0 aliphatic carbocycles. The second-order valence-corrected chi connectivity index (χ2v) is 7.68. The lowest BCUT2D eigenvalue weighted by atomic mass is 9.96. The smallest absolute Gasteiger partial charge is 0.293 e. The Labute approximate surface area is 154 Å². The van der Waals surface area contributed by atoms with E-state index >= 15 is 0 Å². The molecular weight excluding hydrogens is 358 g/mol. The molecule has 0 atom stereocenters. The first-order valence-electron chi connectivity index (χ1n) is 7.88. The predicted molar refractivity (Wildman–Crippen MR) is 98.2 cm³/mol. The van der Waals surface area contributed by atoms with Crippen LogP contribution in [0.4, 0.5) is 10.5 Å². The zero-order chi connectivity index (χ0) is 19.5. The maximum absolute atomic E-state index is 12.4. The van der Waals surface area contributed by atoms with Gasteiger partial charge >= 0.3 is 0 Å². The van der Waals surface area contributed by atoms with E-state index in [1.807, 2.05) is 0 Å². The topological polar surface area (TPSA) is 110 Å². The molecule has 1 heterocycles. The van der Waals surface area contributed by atoms with Crippen molar-refractivity contribution in [2.24, 2.45) is 5.41 Å². The van der Waals surface area contributed by atoms with Gasteiger partial charge in [-0.1, -0.05) is 20.8 Å². The molecule has 1 aromatic rings. The third-order valence-corrected chi connectivity index (χ3v) is 4.48. The quantitative estimate of drug-likeness (QED) is 0.480. The van der Waals surface area contributed by atoms with Crippen LogP contribution in [0.3, 0.4) is 0 Å². The minimum Gasteiger partial charge on any atom is -0.354 e. The summed E-state index contributed by atoms with van der Waals surface area (Å²) in [7, 11) is 0. The number of rotatable bonds is 5. The number of nitrogens with zero attached hydrogens (tertiary/aromatic N) is 2. The van der Waals surface area contributed by atoms with Crippen molar-refractivity contribution in [1.82, 2.24) is 10.2 Å². The zero-order valence-corrected chi connectivity index (χ0v) is 15.5. The summed E-state index contributed by atoms with van der Waals surface area (Å²) in [6.45, 7) is 5.59. The van der Waals surface area contributed by atoms with Gasteiger partial charge in [-0.3, -0.25) is 29.4 Å². The SMILES string of the molecule is CC(C)(C)C(=O)NCCN1C(=O)S/C(=C/c2ccc([N+](=O)[O-])cc2)C1=O. The minimum atomic E-state index is -0.547. The van der Waals surface area contributed by atoms with Crippen molar-refractivity contribution in [3.05, 3.63) is 44.8 Å². The number of nitrogens with one attached hydrogen (secondary N) is 1. The Morgan fingerprint density at radius 3 is 2.42 bits per heavy atom. The molecule has 0 saturated carbocycles. The monoisotopic (exact) mass is 377 g/mol. The lowest BCUT2D eigenvalue weighted by Gasteiger charge is -2.19. The van der Waals surface area contributed by atoms with Crippen LogP contribution in [-0.4, -0.2) is 40.0 Å². The predicted octanol–water partition coefficient (Wildman–Crippen LogP) is 2.79. The molecule has 0 aromatic heterocycles. The van der Waals surface area contributed by atoms with E-state index in [1.165, 1.54) is 30.3 Å². The Balaban J connectivity index is 2.01. The van der Waals surface area contributed by atoms with Gasteiger partial charge in [0, 0.05) is 30.6 Å². The van der Waals surface area contributed by atoms with Crippen LogP contribution in [0.15, 0.2) is 29.2 Å². The van der Waals surface area contributed by atoms with Crippen LogP contribution in [0.1, 0.15) is 26.3 Å². The molecule has 8 nitrogen and oxygen atoms in total. The van der Waals surface area contributed by atoms with Crippen LogP contribution in [-0.2, 0) is 9.59 Å². The van der Waals surface area contributed by atoms with E-state index in [9.17, 15) is 24.5 Å². The first kappa shape index (κ1) is 19.6. The van der Waals surface area contributed by atoms with Crippen molar-refractivity contribution in [3.63, 3.8) is 0 Å². The molecule has 0 spiro atoms. The number of non-ortho nitro benzene ring substituents is 1. The van der Waals surface area contributed by atoms with Gasteiger partial charge in [0.05, 0.1) is 9.83 Å². The Hall–Kier alpha value is -2.68. The Kier molecular flexibility index (Phi) is 5.81. The van der Waals surface area contributed by atoms with Crippen molar-refractivity contribution in [1.29, 1.82) is 0 Å². The number of thioether (sulfide) groups is 1. The summed E-state index contributed by atoms with van der Waals surface area (Å²) in [6.07, 6.45) is 1.52. The summed E-state index contributed by atoms with van der Waals surface area (Å²) in [4.78, 5) is 47.7. The highest BCUT2D eigenvalue weighted by Crippen LogP contribution is 2.32. The summed E-state index contributed by atoms with van der Waals surface area (Å²) in [5, 5.41) is 12.9. The summed E-state index contributed by atoms with van der Waals surface area (Å²) < 4.78 is 0. The van der Waals surface area contributed by atoms with E-state index in [2.05, 4.69) is 5.32 Å². The number of carbonyl (C=O) groups is 3. The standard InChI is InChI=1S/C17H19N3O5S/c1-17(2,3)15(22)18-8-9-19-14(21)13(26-16(19)23)10-11-4-6-12(7-5-11)20(24)25/h4-7,10H,8-9H2,1-3H3,(H,18,22)/b13-10+. The highest BCUT2D eigenvalue weighted by Gasteiger charge is 2.34. The van der Waals surface area contributed by atoms with Crippen molar-refractivity contribution in [2.75, 3.05) is 13.1 Å². The largest absolute Gasteiger partial charge is 0.354 e. The molecule has 138 valence electrons. The van der Waals surface area contributed by atoms with Crippen LogP contribution in [0.2, 0.25) is 0 Å². The molecule has 1 aliphatic heterocycles. The Morgan fingerprint density at radius 2 is 1.88 bits per heavy atom. The van der Waals surface area contributed by atoms with Crippen LogP contribution < -0.4 is 5.32 Å². The van der Waals surface area contributed by atoms with Crippen LogP contribution >= 0.6 is 11.8 Å². The highest BCUT2D eigenvalue weighted by atomic mass is 32.2. The van der Waals surface area contributed by atoms with Crippen LogP contribution in [0.25, 0.3) is 6.08 Å². The Morgan fingerprint density at radius 1 is 1.27 bits per heavy atom. The average molecular weight is 377 g/mol. The van der Waals surface area contributed by atoms with Crippen LogP contribution in [0, 0.1) is 15.5 Å². The number of benzene rings is 1. The van der Waals surface area contributed by atoms with E-state index in [0.29, 0.717) is 5.56 Å². The fourth-order valence-corrected chi connectivity index (χ4v) is 2.95. The van der Waals surface area contributed by atoms with Crippen molar-refractivity contribution in [3.8, 4) is 0 Å². The van der Waals surface area contributed by atoms with Gasteiger partial charge < -0.3 is 5.32 Å². The van der Waals surface area contributed by atoms with Gasteiger partial charge in [0.25, 0.3) is 16.8 Å². The molecule has 1 fully saturated rings. The van der Waals surface area contributed by atoms with Crippen molar-refractivity contribution >= 4 is 40.6 Å². The lowest BCUT2D eigenvalue weighted by molar-refractivity contribution is -0.384. The minimum absolute atomic E-state index is 0.0511. The normalized spacial score (nSPS) is 16.3. The number of amides is 3. The van der Waals surface area contributed by atoms with E-state index in [1.54, 1.807) is 20.8 Å². The molecule has 1 aliphatic rings. The van der Waals surface area contributed by atoms with Gasteiger partial charge in [-0.2, -0.15) is 0 Å². The highest BCUT2D eigenvalue weighted by molar-refractivity contribution is 8.18. The number of carbonyl (C=O) groups excluding carboxylic acids is 3.